The van der Waals surface area contributed by atoms with Crippen molar-refractivity contribution in [3.8, 4) is 11.1 Å². The Hall–Kier alpha value is -2.82. The smallest absolute Gasteiger partial charge is 0.407 e. The van der Waals surface area contributed by atoms with Crippen molar-refractivity contribution in [3.63, 3.8) is 0 Å². The molecule has 0 aromatic heterocycles. The summed E-state index contributed by atoms with van der Waals surface area (Å²) in [5.41, 5.74) is 4.53. The van der Waals surface area contributed by atoms with Crippen molar-refractivity contribution in [3.05, 3.63) is 59.7 Å². The number of ether oxygens (including phenoxy) is 1. The fraction of sp³-hybridized carbons (Fsp3) is 0.222. The Morgan fingerprint density at radius 1 is 1.09 bits per heavy atom. The fourth-order valence-electron chi connectivity index (χ4n) is 2.88. The Morgan fingerprint density at radius 3 is 2.13 bits per heavy atom. The summed E-state index contributed by atoms with van der Waals surface area (Å²) in [4.78, 5) is 22.5. The van der Waals surface area contributed by atoms with E-state index < -0.39 is 18.1 Å². The van der Waals surface area contributed by atoms with Crippen LogP contribution in [0.3, 0.4) is 0 Å². The summed E-state index contributed by atoms with van der Waals surface area (Å²) in [7, 11) is 0. The molecule has 2 aromatic carbocycles. The first kappa shape index (κ1) is 15.1. The van der Waals surface area contributed by atoms with E-state index in [1.54, 1.807) is 0 Å². The first-order valence-electron chi connectivity index (χ1n) is 7.42. The van der Waals surface area contributed by atoms with E-state index >= 15 is 0 Å². The third kappa shape index (κ3) is 2.90. The molecule has 3 rings (SSSR count). The molecular formula is C18H17NO4. The molecule has 1 aliphatic rings. The summed E-state index contributed by atoms with van der Waals surface area (Å²) in [6, 6.07) is 15.1. The monoisotopic (exact) mass is 315 g/mol. The lowest BCUT2D eigenvalue weighted by molar-refractivity contribution is -0.138. The van der Waals surface area contributed by atoms with Crippen molar-refractivity contribution in [1.82, 2.24) is 5.32 Å². The zero-order valence-electron chi connectivity index (χ0n) is 12.7. The predicted molar refractivity (Wildman–Crippen MR) is 85.3 cm³/mol. The van der Waals surface area contributed by atoms with E-state index in [9.17, 15) is 9.59 Å². The Bertz CT molecular complexity index is 711. The highest BCUT2D eigenvalue weighted by Crippen LogP contribution is 2.44. The number of hydrogen-bond acceptors (Lipinski definition) is 3. The third-order valence-corrected chi connectivity index (χ3v) is 4.05. The van der Waals surface area contributed by atoms with E-state index in [0.29, 0.717) is 0 Å². The molecule has 5 nitrogen and oxygen atoms in total. The van der Waals surface area contributed by atoms with Crippen molar-refractivity contribution in [2.45, 2.75) is 18.9 Å². The molecule has 118 valence electrons. The van der Waals surface area contributed by atoms with Crippen LogP contribution in [-0.2, 0) is 9.53 Å². The van der Waals surface area contributed by atoms with Crippen LogP contribution in [0.4, 0.5) is 4.79 Å². The first-order valence-corrected chi connectivity index (χ1v) is 7.42. The Labute approximate surface area is 133 Å². The van der Waals surface area contributed by atoms with Crippen LogP contribution in [0.2, 0.25) is 0 Å². The maximum Gasteiger partial charge on any atom is 0.407 e. The lowest BCUT2D eigenvalue weighted by Gasteiger charge is -2.15. The molecule has 0 spiro atoms. The van der Waals surface area contributed by atoms with Gasteiger partial charge < -0.3 is 15.2 Å². The summed E-state index contributed by atoms with van der Waals surface area (Å²) >= 11 is 0. The number of rotatable bonds is 4. The Kier molecular flexibility index (Phi) is 4.02. The Balaban J connectivity index is 1.76. The van der Waals surface area contributed by atoms with Gasteiger partial charge in [-0.1, -0.05) is 48.5 Å². The van der Waals surface area contributed by atoms with Gasteiger partial charge in [0, 0.05) is 5.92 Å². The summed E-state index contributed by atoms with van der Waals surface area (Å²) in [5.74, 6) is -1.13. The average molecular weight is 315 g/mol. The van der Waals surface area contributed by atoms with Gasteiger partial charge in [-0.05, 0) is 29.2 Å². The molecule has 1 atom stereocenters. The van der Waals surface area contributed by atoms with E-state index in [1.165, 1.54) is 6.92 Å². The average Bonchev–Trinajstić information content (AvgIpc) is 2.87. The molecule has 2 N–H and O–H groups in total. The van der Waals surface area contributed by atoms with E-state index in [2.05, 4.69) is 17.4 Å². The van der Waals surface area contributed by atoms with Crippen molar-refractivity contribution in [2.24, 2.45) is 0 Å². The van der Waals surface area contributed by atoms with Crippen molar-refractivity contribution in [1.29, 1.82) is 0 Å². The Morgan fingerprint density at radius 2 is 1.61 bits per heavy atom. The zero-order chi connectivity index (χ0) is 16.4. The SMILES string of the molecule is [13CH3][13C@H]([15NH]C(=O)OCC1c2ccccc2-c2ccccc21)[13C](=O)O. The summed E-state index contributed by atoms with van der Waals surface area (Å²) in [6.07, 6.45) is -0.721. The normalized spacial score (nSPS) is 13.8. The number of carbonyl (C=O) groups excluding carboxylic acids is 1. The molecule has 2 aromatic rings. The molecule has 5 heteroatoms. The van der Waals surface area contributed by atoms with Crippen LogP contribution in [0.15, 0.2) is 48.5 Å². The predicted octanol–water partition coefficient (Wildman–Crippen LogP) is 3.00. The van der Waals surface area contributed by atoms with Crippen LogP contribution in [0.25, 0.3) is 11.1 Å². The number of carboxylic acids is 1. The molecule has 23 heavy (non-hydrogen) atoms. The summed E-state index contributed by atoms with van der Waals surface area (Å²) in [5, 5.41) is 11.1. The lowest BCUT2D eigenvalue weighted by Crippen LogP contribution is -2.39. The maximum atomic E-state index is 11.7. The lowest BCUT2D eigenvalue weighted by atomic mass is 9.98. The van der Waals surface area contributed by atoms with Gasteiger partial charge >= 0.3 is 12.1 Å². The van der Waals surface area contributed by atoms with Crippen LogP contribution in [0.5, 0.6) is 0 Å². The van der Waals surface area contributed by atoms with Gasteiger partial charge in [-0.25, -0.2) is 4.79 Å². The van der Waals surface area contributed by atoms with Crippen molar-refractivity contribution in [2.75, 3.05) is 6.61 Å². The molecule has 1 amide bonds. The van der Waals surface area contributed by atoms with Crippen LogP contribution in [0, 0.1) is 0 Å². The van der Waals surface area contributed by atoms with E-state index in [0.717, 1.165) is 22.3 Å². The minimum Gasteiger partial charge on any atom is -0.480 e. The fourth-order valence-corrected chi connectivity index (χ4v) is 2.88. The molecule has 0 heterocycles. The van der Waals surface area contributed by atoms with Crippen LogP contribution < -0.4 is 5.32 Å². The van der Waals surface area contributed by atoms with Gasteiger partial charge in [-0.2, -0.15) is 0 Å². The van der Waals surface area contributed by atoms with Crippen LogP contribution in [0.1, 0.15) is 24.0 Å². The molecule has 0 unspecified atom stereocenters. The minimum atomic E-state index is -1.10. The third-order valence-electron chi connectivity index (χ3n) is 4.05. The van der Waals surface area contributed by atoms with Crippen LogP contribution in [-0.4, -0.2) is 29.8 Å². The number of carbonyl (C=O) groups is 2. The highest BCUT2D eigenvalue weighted by Gasteiger charge is 2.29. The van der Waals surface area contributed by atoms with E-state index in [-0.39, 0.29) is 12.5 Å². The number of amides is 1. The van der Waals surface area contributed by atoms with Gasteiger partial charge in [-0.3, -0.25) is 4.79 Å². The van der Waals surface area contributed by atoms with Gasteiger partial charge in [0.05, 0.1) is 0 Å². The minimum absolute atomic E-state index is 0.0340. The second-order valence-corrected chi connectivity index (χ2v) is 5.53. The molecule has 0 radical (unpaired) electrons. The number of alkyl carbamates (subject to hydrolysis) is 1. The van der Waals surface area contributed by atoms with Gasteiger partial charge in [0.15, 0.2) is 0 Å². The molecule has 0 bridgehead atoms. The van der Waals surface area contributed by atoms with Crippen molar-refractivity contribution >= 4 is 12.1 Å². The standard InChI is InChI=1S/C18H17NO4/c1-11(17(20)21)19-18(22)23-10-16-14-8-4-2-6-12(14)13-7-3-5-9-15(13)16/h2-9,11,16H,10H2,1H3,(H,19,22)(H,20,21)/t11-/m0/s1/i1+1,11+1,17+1,19+1. The first-order chi connectivity index (χ1) is 11.1. The molecular weight excluding hydrogens is 298 g/mol. The molecule has 1 aliphatic carbocycles. The maximum absolute atomic E-state index is 11.7. The van der Waals surface area contributed by atoms with Gasteiger partial charge in [0.1, 0.15) is 12.6 Å². The molecule has 0 saturated heterocycles. The second-order valence-electron chi connectivity index (χ2n) is 5.53. The van der Waals surface area contributed by atoms with Gasteiger partial charge in [0.25, 0.3) is 0 Å². The highest BCUT2D eigenvalue weighted by molar-refractivity contribution is 5.80. The number of benzene rings is 2. The van der Waals surface area contributed by atoms with Crippen LogP contribution >= 0.6 is 0 Å². The number of hydrogen-bond donors (Lipinski definition) is 2. The van der Waals surface area contributed by atoms with Crippen molar-refractivity contribution < 1.29 is 19.4 Å². The quantitative estimate of drug-likeness (QED) is 0.672. The topological polar surface area (TPSA) is 75.6 Å². The highest BCUT2D eigenvalue weighted by atomic mass is 16.6. The molecule has 0 saturated carbocycles. The number of carboxylic acid groups (broad SMARTS) is 1. The zero-order valence-corrected chi connectivity index (χ0v) is 12.7. The number of fused-ring (bicyclic) bond motifs is 3. The summed E-state index contributed by atoms with van der Waals surface area (Å²) in [6.45, 7) is 1.57. The van der Waals surface area contributed by atoms with E-state index in [4.69, 9.17) is 9.84 Å². The second kappa shape index (κ2) is 6.12. The largest absolute Gasteiger partial charge is 0.480 e. The van der Waals surface area contributed by atoms with E-state index in [1.807, 2.05) is 36.4 Å². The van der Waals surface area contributed by atoms with Gasteiger partial charge in [-0.15, -0.1) is 0 Å². The summed E-state index contributed by atoms with van der Waals surface area (Å²) < 4.78 is 5.25. The molecule has 0 fully saturated rings. The number of nitrogens with one attached hydrogen (secondary N) is 1. The number of aliphatic carboxylic acids is 1. The molecule has 0 aliphatic heterocycles. The van der Waals surface area contributed by atoms with Gasteiger partial charge in [0.2, 0.25) is 0 Å².